The smallest absolute Gasteiger partial charge is 0.163 e. The molecule has 2 aromatic carbocycles. The fourth-order valence-corrected chi connectivity index (χ4v) is 2.90. The minimum absolute atomic E-state index is 0.191. The number of hydrogen-bond acceptors (Lipinski definition) is 4. The average molecular weight is 343 g/mol. The summed E-state index contributed by atoms with van der Waals surface area (Å²) >= 11 is 0. The third kappa shape index (κ3) is 5.13. The van der Waals surface area contributed by atoms with Gasteiger partial charge >= 0.3 is 0 Å². The largest absolute Gasteiger partial charge is 0.494 e. The molecule has 4 heteroatoms. The van der Waals surface area contributed by atoms with Crippen molar-refractivity contribution in [2.45, 2.75) is 32.6 Å². The first-order valence-electron chi connectivity index (χ1n) is 8.94. The summed E-state index contributed by atoms with van der Waals surface area (Å²) in [5, 5.41) is 0. The molecule has 0 amide bonds. The molecule has 0 aliphatic rings. The number of methoxy groups -OCH3 is 1. The molecule has 0 heterocycles. The van der Waals surface area contributed by atoms with Gasteiger partial charge in [0, 0.05) is 5.92 Å². The van der Waals surface area contributed by atoms with E-state index in [2.05, 4.69) is 25.1 Å². The quantitative estimate of drug-likeness (QED) is 0.703. The first-order valence-corrected chi connectivity index (χ1v) is 8.94. The monoisotopic (exact) mass is 343 g/mol. The summed E-state index contributed by atoms with van der Waals surface area (Å²) < 4.78 is 17.0. The van der Waals surface area contributed by atoms with Crippen LogP contribution in [0.5, 0.6) is 17.2 Å². The van der Waals surface area contributed by atoms with Gasteiger partial charge in [0.15, 0.2) is 11.5 Å². The second-order valence-electron chi connectivity index (χ2n) is 5.94. The maximum absolute atomic E-state index is 6.08. The van der Waals surface area contributed by atoms with Crippen molar-refractivity contribution in [1.29, 1.82) is 0 Å². The SMILES string of the molecule is CCCOc1cccc(C(CN)Cc2cccc(OCC)c2OC)c1. The van der Waals surface area contributed by atoms with E-state index in [9.17, 15) is 0 Å². The number of para-hydroxylation sites is 1. The summed E-state index contributed by atoms with van der Waals surface area (Å²) in [5.74, 6) is 2.66. The standard InChI is InChI=1S/C21H29NO3/c1-4-12-25-19-10-6-8-16(14-19)18(15-22)13-17-9-7-11-20(24-5-2)21(17)23-3/h6-11,14,18H,4-5,12-13,15,22H2,1-3H3. The van der Waals surface area contributed by atoms with Crippen LogP contribution >= 0.6 is 0 Å². The second-order valence-corrected chi connectivity index (χ2v) is 5.94. The van der Waals surface area contributed by atoms with Gasteiger partial charge in [0.25, 0.3) is 0 Å². The summed E-state index contributed by atoms with van der Waals surface area (Å²) in [5.41, 5.74) is 8.36. The Morgan fingerprint density at radius 3 is 2.52 bits per heavy atom. The van der Waals surface area contributed by atoms with Crippen LogP contribution in [0, 0.1) is 0 Å². The van der Waals surface area contributed by atoms with Crippen LogP contribution in [0.1, 0.15) is 37.3 Å². The maximum Gasteiger partial charge on any atom is 0.163 e. The highest BCUT2D eigenvalue weighted by molar-refractivity contribution is 5.47. The lowest BCUT2D eigenvalue weighted by Crippen LogP contribution is -2.16. The Bertz CT molecular complexity index is 657. The van der Waals surface area contributed by atoms with Crippen molar-refractivity contribution in [3.63, 3.8) is 0 Å². The molecule has 0 radical (unpaired) electrons. The first-order chi connectivity index (χ1) is 12.2. The van der Waals surface area contributed by atoms with E-state index in [4.69, 9.17) is 19.9 Å². The van der Waals surface area contributed by atoms with Crippen LogP contribution in [-0.2, 0) is 6.42 Å². The van der Waals surface area contributed by atoms with Crippen molar-refractivity contribution in [1.82, 2.24) is 0 Å². The van der Waals surface area contributed by atoms with Crippen LogP contribution < -0.4 is 19.9 Å². The molecule has 1 atom stereocenters. The van der Waals surface area contributed by atoms with Gasteiger partial charge in [-0.2, -0.15) is 0 Å². The minimum atomic E-state index is 0.191. The lowest BCUT2D eigenvalue weighted by atomic mass is 9.91. The van der Waals surface area contributed by atoms with Crippen LogP contribution in [0.25, 0.3) is 0 Å². The molecule has 0 aliphatic heterocycles. The van der Waals surface area contributed by atoms with Crippen molar-refractivity contribution in [3.05, 3.63) is 53.6 Å². The highest BCUT2D eigenvalue weighted by Crippen LogP contribution is 2.34. The van der Waals surface area contributed by atoms with E-state index in [-0.39, 0.29) is 5.92 Å². The third-order valence-corrected chi connectivity index (χ3v) is 4.12. The number of benzene rings is 2. The molecule has 2 aromatic rings. The fourth-order valence-electron chi connectivity index (χ4n) is 2.90. The van der Waals surface area contributed by atoms with Crippen molar-refractivity contribution >= 4 is 0 Å². The van der Waals surface area contributed by atoms with Crippen LogP contribution in [-0.4, -0.2) is 26.9 Å². The molecule has 2 rings (SSSR count). The summed E-state index contributed by atoms with van der Waals surface area (Å²) in [7, 11) is 1.68. The molecule has 2 N–H and O–H groups in total. The number of rotatable bonds is 10. The Kier molecular flexibility index (Phi) is 7.61. The van der Waals surface area contributed by atoms with E-state index in [1.54, 1.807) is 7.11 Å². The minimum Gasteiger partial charge on any atom is -0.494 e. The summed E-state index contributed by atoms with van der Waals surface area (Å²) in [6, 6.07) is 14.2. The van der Waals surface area contributed by atoms with Crippen molar-refractivity contribution in [2.24, 2.45) is 5.73 Å². The molecular weight excluding hydrogens is 314 g/mol. The highest BCUT2D eigenvalue weighted by atomic mass is 16.5. The molecule has 0 saturated heterocycles. The molecule has 0 fully saturated rings. The van der Waals surface area contributed by atoms with E-state index in [1.807, 2.05) is 31.2 Å². The van der Waals surface area contributed by atoms with Gasteiger partial charge in [-0.25, -0.2) is 0 Å². The van der Waals surface area contributed by atoms with E-state index >= 15 is 0 Å². The number of hydrogen-bond donors (Lipinski definition) is 1. The van der Waals surface area contributed by atoms with Gasteiger partial charge in [-0.1, -0.05) is 31.2 Å². The zero-order valence-corrected chi connectivity index (χ0v) is 15.5. The van der Waals surface area contributed by atoms with Crippen LogP contribution in [0.4, 0.5) is 0 Å². The van der Waals surface area contributed by atoms with Gasteiger partial charge in [-0.3, -0.25) is 0 Å². The molecule has 0 bridgehead atoms. The Balaban J connectivity index is 2.24. The van der Waals surface area contributed by atoms with Gasteiger partial charge in [0.05, 0.1) is 20.3 Å². The Labute approximate surface area is 150 Å². The molecular formula is C21H29NO3. The summed E-state index contributed by atoms with van der Waals surface area (Å²) in [4.78, 5) is 0. The fraction of sp³-hybridized carbons (Fsp3) is 0.429. The summed E-state index contributed by atoms with van der Waals surface area (Å²) in [6.45, 7) is 5.96. The van der Waals surface area contributed by atoms with Crippen molar-refractivity contribution in [3.8, 4) is 17.2 Å². The summed E-state index contributed by atoms with van der Waals surface area (Å²) in [6.07, 6.45) is 1.78. The Morgan fingerprint density at radius 2 is 1.84 bits per heavy atom. The van der Waals surface area contributed by atoms with E-state index in [0.717, 1.165) is 42.3 Å². The molecule has 1 unspecified atom stereocenters. The topological polar surface area (TPSA) is 53.7 Å². The van der Waals surface area contributed by atoms with Gasteiger partial charge in [0.1, 0.15) is 5.75 Å². The van der Waals surface area contributed by atoms with Gasteiger partial charge in [-0.15, -0.1) is 0 Å². The molecule has 0 aliphatic carbocycles. The predicted octanol–water partition coefficient (Wildman–Crippen LogP) is 4.17. The molecule has 136 valence electrons. The Hall–Kier alpha value is -2.20. The second kappa shape index (κ2) is 9.94. The number of nitrogens with two attached hydrogens (primary N) is 1. The maximum atomic E-state index is 6.08. The average Bonchev–Trinajstić information content (AvgIpc) is 2.65. The van der Waals surface area contributed by atoms with Crippen molar-refractivity contribution < 1.29 is 14.2 Å². The zero-order chi connectivity index (χ0) is 18.1. The number of ether oxygens (including phenoxy) is 3. The molecule has 0 aromatic heterocycles. The van der Waals surface area contributed by atoms with Gasteiger partial charge in [0.2, 0.25) is 0 Å². The van der Waals surface area contributed by atoms with Gasteiger partial charge < -0.3 is 19.9 Å². The van der Waals surface area contributed by atoms with E-state index in [0.29, 0.717) is 13.2 Å². The molecule has 0 spiro atoms. The zero-order valence-electron chi connectivity index (χ0n) is 15.5. The molecule has 4 nitrogen and oxygen atoms in total. The first kappa shape index (κ1) is 19.1. The lowest BCUT2D eigenvalue weighted by molar-refractivity contribution is 0.308. The van der Waals surface area contributed by atoms with E-state index < -0.39 is 0 Å². The van der Waals surface area contributed by atoms with E-state index in [1.165, 1.54) is 5.56 Å². The van der Waals surface area contributed by atoms with Crippen LogP contribution in [0.2, 0.25) is 0 Å². The van der Waals surface area contributed by atoms with Crippen molar-refractivity contribution in [2.75, 3.05) is 26.9 Å². The molecule has 25 heavy (non-hydrogen) atoms. The highest BCUT2D eigenvalue weighted by Gasteiger charge is 2.17. The van der Waals surface area contributed by atoms with Crippen LogP contribution in [0.3, 0.4) is 0 Å². The predicted molar refractivity (Wildman–Crippen MR) is 102 cm³/mol. The molecule has 0 saturated carbocycles. The van der Waals surface area contributed by atoms with Gasteiger partial charge in [-0.05, 0) is 55.6 Å². The van der Waals surface area contributed by atoms with Crippen LogP contribution in [0.15, 0.2) is 42.5 Å². The lowest BCUT2D eigenvalue weighted by Gasteiger charge is -2.19. The third-order valence-electron chi connectivity index (χ3n) is 4.12. The normalized spacial score (nSPS) is 11.8. The Morgan fingerprint density at radius 1 is 1.04 bits per heavy atom.